The van der Waals surface area contributed by atoms with Gasteiger partial charge < -0.3 is 15.4 Å². The summed E-state index contributed by atoms with van der Waals surface area (Å²) in [7, 11) is 0. The highest BCUT2D eigenvalue weighted by Crippen LogP contribution is 2.32. The predicted molar refractivity (Wildman–Crippen MR) is 97.4 cm³/mol. The van der Waals surface area contributed by atoms with E-state index in [0.717, 1.165) is 0 Å². The van der Waals surface area contributed by atoms with Crippen LogP contribution in [0, 0.1) is 18.7 Å². The van der Waals surface area contributed by atoms with Crippen LogP contribution in [0.25, 0.3) is 5.69 Å². The summed E-state index contributed by atoms with van der Waals surface area (Å²) < 4.78 is 91.5. The van der Waals surface area contributed by atoms with Crippen molar-refractivity contribution in [3.05, 3.63) is 56.1 Å². The molecule has 0 aliphatic rings. The van der Waals surface area contributed by atoms with Gasteiger partial charge in [0.15, 0.2) is 0 Å². The van der Waals surface area contributed by atoms with Gasteiger partial charge in [-0.05, 0) is 24.6 Å². The van der Waals surface area contributed by atoms with E-state index in [0.29, 0.717) is 12.1 Å². The topological polar surface area (TPSA) is 121 Å². The number of carboxylic acids is 1. The molecular weight excluding hydrogens is 471 g/mol. The normalized spacial score (nSPS) is 13.0. The lowest BCUT2D eigenvalue weighted by atomic mass is 10.0. The third-order valence-electron chi connectivity index (χ3n) is 4.35. The maximum absolute atomic E-state index is 14.3. The number of benzene rings is 1. The number of halogens is 7. The van der Waals surface area contributed by atoms with E-state index in [1.807, 2.05) is 0 Å². The molecule has 0 fully saturated rings. The standard InChI is InChI=1S/C18H14F7N3O5/c1-7-2-9(19)10(26-13(29)3-8(4-15(31)32)17(20,21)22)5-11(7)28-14(30)6-12(18(23,24)25)27-16(28)33/h2,5-6,8H,3-4H2,1H3,(H,26,29)(H,27,33)(H,31,32). The number of nitrogens with zero attached hydrogens (tertiary/aromatic N) is 1. The lowest BCUT2D eigenvalue weighted by Crippen LogP contribution is -2.36. The van der Waals surface area contributed by atoms with Gasteiger partial charge in [0.1, 0.15) is 11.5 Å². The molecule has 1 amide bonds. The number of carbonyl (C=O) groups excluding carboxylic acids is 1. The number of carbonyl (C=O) groups is 2. The summed E-state index contributed by atoms with van der Waals surface area (Å²) in [6, 6.07) is 1.43. The number of aromatic nitrogens is 2. The van der Waals surface area contributed by atoms with E-state index in [2.05, 4.69) is 0 Å². The third-order valence-corrected chi connectivity index (χ3v) is 4.35. The molecule has 1 atom stereocenters. The zero-order valence-electron chi connectivity index (χ0n) is 16.4. The molecular formula is C18H14F7N3O5. The zero-order chi connectivity index (χ0) is 25.3. The molecule has 180 valence electrons. The summed E-state index contributed by atoms with van der Waals surface area (Å²) in [5.41, 5.74) is -6.00. The zero-order valence-corrected chi connectivity index (χ0v) is 16.4. The minimum absolute atomic E-state index is 0.0717. The fraction of sp³-hybridized carbons (Fsp3) is 0.333. The monoisotopic (exact) mass is 485 g/mol. The fourth-order valence-corrected chi connectivity index (χ4v) is 2.81. The van der Waals surface area contributed by atoms with Gasteiger partial charge in [-0.3, -0.25) is 14.4 Å². The maximum atomic E-state index is 14.3. The lowest BCUT2D eigenvalue weighted by molar-refractivity contribution is -0.185. The molecule has 1 aromatic carbocycles. The number of amides is 1. The van der Waals surface area contributed by atoms with Crippen molar-refractivity contribution >= 4 is 17.6 Å². The Morgan fingerprint density at radius 3 is 2.18 bits per heavy atom. The molecule has 33 heavy (non-hydrogen) atoms. The largest absolute Gasteiger partial charge is 0.481 e. The number of hydrogen-bond acceptors (Lipinski definition) is 4. The summed E-state index contributed by atoms with van der Waals surface area (Å²) in [6.45, 7) is 1.18. The van der Waals surface area contributed by atoms with Gasteiger partial charge in [-0.1, -0.05) is 0 Å². The highest BCUT2D eigenvalue weighted by atomic mass is 19.4. The van der Waals surface area contributed by atoms with Crippen LogP contribution in [0.2, 0.25) is 0 Å². The average molecular weight is 485 g/mol. The third kappa shape index (κ3) is 6.20. The number of aromatic amines is 1. The highest BCUT2D eigenvalue weighted by Gasteiger charge is 2.42. The molecule has 0 radical (unpaired) electrons. The number of aryl methyl sites for hydroxylation is 1. The molecule has 2 rings (SSSR count). The number of aliphatic carboxylic acids is 1. The van der Waals surface area contributed by atoms with Crippen molar-refractivity contribution in [2.24, 2.45) is 5.92 Å². The number of H-pyrrole nitrogens is 1. The molecule has 1 heterocycles. The molecule has 0 saturated carbocycles. The van der Waals surface area contributed by atoms with Crippen LogP contribution in [-0.4, -0.2) is 32.7 Å². The van der Waals surface area contributed by atoms with Gasteiger partial charge in [-0.25, -0.2) is 13.8 Å². The average Bonchev–Trinajstić information content (AvgIpc) is 2.62. The molecule has 3 N–H and O–H groups in total. The molecule has 1 unspecified atom stereocenters. The van der Waals surface area contributed by atoms with Crippen molar-refractivity contribution in [2.75, 3.05) is 5.32 Å². The van der Waals surface area contributed by atoms with E-state index in [4.69, 9.17) is 5.11 Å². The molecule has 8 nitrogen and oxygen atoms in total. The van der Waals surface area contributed by atoms with Crippen LogP contribution in [0.5, 0.6) is 0 Å². The number of carboxylic acid groups (broad SMARTS) is 1. The van der Waals surface area contributed by atoms with Crippen LogP contribution in [0.3, 0.4) is 0 Å². The first-order chi connectivity index (χ1) is 15.0. The Labute approximate surface area is 178 Å². The second kappa shape index (κ2) is 9.07. The molecule has 0 aliphatic carbocycles. The lowest BCUT2D eigenvalue weighted by Gasteiger charge is -2.18. The highest BCUT2D eigenvalue weighted by molar-refractivity contribution is 5.91. The predicted octanol–water partition coefficient (Wildman–Crippen LogP) is 2.97. The minimum atomic E-state index is -5.05. The van der Waals surface area contributed by atoms with Gasteiger partial charge >= 0.3 is 24.0 Å². The Hall–Kier alpha value is -3.65. The van der Waals surface area contributed by atoms with Gasteiger partial charge in [-0.2, -0.15) is 26.3 Å². The molecule has 0 aliphatic heterocycles. The maximum Gasteiger partial charge on any atom is 0.431 e. The summed E-state index contributed by atoms with van der Waals surface area (Å²) in [6.07, 6.45) is -12.9. The Morgan fingerprint density at radius 1 is 1.09 bits per heavy atom. The van der Waals surface area contributed by atoms with Crippen molar-refractivity contribution in [1.82, 2.24) is 9.55 Å². The van der Waals surface area contributed by atoms with Crippen LogP contribution in [-0.2, 0) is 15.8 Å². The van der Waals surface area contributed by atoms with Gasteiger partial charge in [0, 0.05) is 12.5 Å². The molecule has 0 spiro atoms. The smallest absolute Gasteiger partial charge is 0.431 e. The van der Waals surface area contributed by atoms with Crippen LogP contribution in [0.1, 0.15) is 24.1 Å². The van der Waals surface area contributed by atoms with Gasteiger partial charge in [-0.15, -0.1) is 0 Å². The van der Waals surface area contributed by atoms with Crippen molar-refractivity contribution in [1.29, 1.82) is 0 Å². The van der Waals surface area contributed by atoms with Crippen LogP contribution in [0.15, 0.2) is 27.8 Å². The van der Waals surface area contributed by atoms with Crippen molar-refractivity contribution in [3.63, 3.8) is 0 Å². The van der Waals surface area contributed by atoms with Crippen molar-refractivity contribution in [3.8, 4) is 5.69 Å². The molecule has 1 aromatic heterocycles. The van der Waals surface area contributed by atoms with E-state index in [9.17, 15) is 49.9 Å². The summed E-state index contributed by atoms with van der Waals surface area (Å²) in [5, 5.41) is 10.4. The van der Waals surface area contributed by atoms with Crippen LogP contribution >= 0.6 is 0 Å². The summed E-state index contributed by atoms with van der Waals surface area (Å²) in [4.78, 5) is 48.2. The fourth-order valence-electron chi connectivity index (χ4n) is 2.81. The Kier molecular flexibility index (Phi) is 7.04. The van der Waals surface area contributed by atoms with E-state index < -0.39 is 77.1 Å². The van der Waals surface area contributed by atoms with Crippen molar-refractivity contribution < 1.29 is 45.4 Å². The van der Waals surface area contributed by atoms with Crippen LogP contribution in [0.4, 0.5) is 36.4 Å². The van der Waals surface area contributed by atoms with E-state index >= 15 is 0 Å². The molecule has 0 bridgehead atoms. The number of nitrogens with one attached hydrogen (secondary N) is 2. The number of rotatable bonds is 6. The number of alkyl halides is 6. The van der Waals surface area contributed by atoms with E-state index in [1.54, 1.807) is 5.32 Å². The molecule has 0 saturated heterocycles. The quantitative estimate of drug-likeness (QED) is 0.544. The number of anilines is 1. The van der Waals surface area contributed by atoms with E-state index in [1.165, 1.54) is 11.9 Å². The molecule has 2 aromatic rings. The Balaban J connectivity index is 2.44. The van der Waals surface area contributed by atoms with Gasteiger partial charge in [0.05, 0.1) is 23.7 Å². The van der Waals surface area contributed by atoms with Crippen molar-refractivity contribution in [2.45, 2.75) is 32.1 Å². The summed E-state index contributed by atoms with van der Waals surface area (Å²) in [5.74, 6) is -7.03. The van der Waals surface area contributed by atoms with Gasteiger partial charge in [0.25, 0.3) is 5.56 Å². The van der Waals surface area contributed by atoms with Crippen LogP contribution < -0.4 is 16.6 Å². The second-order valence-corrected chi connectivity index (χ2v) is 6.87. The first-order valence-electron chi connectivity index (χ1n) is 8.83. The Bertz CT molecular complexity index is 1170. The first kappa shape index (κ1) is 25.6. The first-order valence-corrected chi connectivity index (χ1v) is 8.83. The SMILES string of the molecule is Cc1cc(F)c(NC(=O)CC(CC(=O)O)C(F)(F)F)cc1-n1c(=O)cc(C(F)(F)F)[nH]c1=O. The second-order valence-electron chi connectivity index (χ2n) is 6.87. The number of hydrogen-bond donors (Lipinski definition) is 3. The minimum Gasteiger partial charge on any atom is -0.481 e. The Morgan fingerprint density at radius 2 is 1.70 bits per heavy atom. The summed E-state index contributed by atoms with van der Waals surface area (Å²) >= 11 is 0. The van der Waals surface area contributed by atoms with Gasteiger partial charge in [0.2, 0.25) is 5.91 Å². The molecule has 15 heteroatoms. The van der Waals surface area contributed by atoms with E-state index in [-0.39, 0.29) is 16.2 Å².